The summed E-state index contributed by atoms with van der Waals surface area (Å²) in [6, 6.07) is 40.9. The third kappa shape index (κ3) is 8.80. The van der Waals surface area contributed by atoms with Gasteiger partial charge in [0, 0.05) is 44.0 Å². The summed E-state index contributed by atoms with van der Waals surface area (Å²) in [6.45, 7) is 62.7. The number of hydrogen-bond donors (Lipinski definition) is 0. The number of aromatic nitrogens is 2. The number of hydrogen-bond acceptors (Lipinski definition) is 0. The van der Waals surface area contributed by atoms with Crippen molar-refractivity contribution >= 4 is 89.8 Å². The van der Waals surface area contributed by atoms with Gasteiger partial charge < -0.3 is 9.13 Å². The number of rotatable bonds is 2. The minimum absolute atomic E-state index is 0.0129. The average molecular weight is 1060 g/mol. The maximum Gasteiger partial charge on any atom is 0.247 e. The van der Waals surface area contributed by atoms with E-state index in [0.29, 0.717) is 0 Å². The van der Waals surface area contributed by atoms with Crippen LogP contribution in [0.3, 0.4) is 0 Å². The summed E-state index contributed by atoms with van der Waals surface area (Å²) in [4.78, 5) is 0. The van der Waals surface area contributed by atoms with Crippen molar-refractivity contribution in [1.82, 2.24) is 9.13 Å². The summed E-state index contributed by atoms with van der Waals surface area (Å²) in [5.74, 6) is 0. The molecule has 0 bridgehead atoms. The van der Waals surface area contributed by atoms with E-state index in [9.17, 15) is 0 Å². The van der Waals surface area contributed by atoms with Crippen LogP contribution in [0.25, 0.3) is 55.0 Å². The number of benzene rings is 7. The van der Waals surface area contributed by atoms with Gasteiger partial charge in [-0.25, -0.2) is 0 Å². The Morgan fingerprint density at radius 1 is 0.275 bits per heavy atom. The van der Waals surface area contributed by atoms with E-state index in [0.717, 1.165) is 0 Å². The normalized spacial score (nSPS) is 14.6. The van der Waals surface area contributed by atoms with Crippen molar-refractivity contribution in [3.63, 3.8) is 0 Å². The molecule has 0 aliphatic carbocycles. The van der Waals surface area contributed by atoms with Crippen LogP contribution in [0.2, 0.25) is 0 Å². The van der Waals surface area contributed by atoms with Crippen LogP contribution in [-0.4, -0.2) is 22.6 Å². The molecule has 0 saturated carbocycles. The molecule has 0 atom stereocenters. The van der Waals surface area contributed by atoms with Crippen LogP contribution in [0.15, 0.2) is 97.1 Å². The molecular weight excluding hydrogens is 962 g/mol. The van der Waals surface area contributed by atoms with Crippen molar-refractivity contribution in [3.8, 4) is 11.4 Å². The molecule has 2 aliphatic heterocycles. The summed E-state index contributed by atoms with van der Waals surface area (Å²) >= 11 is 0. The third-order valence-corrected chi connectivity index (χ3v) is 18.6. The van der Waals surface area contributed by atoms with Gasteiger partial charge in [0.1, 0.15) is 0 Å². The van der Waals surface area contributed by atoms with Crippen LogP contribution in [0, 0.1) is 13.8 Å². The Bertz CT molecular complexity index is 4020. The van der Waals surface area contributed by atoms with Crippen LogP contribution in [0.1, 0.15) is 222 Å². The Morgan fingerprint density at radius 2 is 0.600 bits per heavy atom. The van der Waals surface area contributed by atoms with Crippen LogP contribution in [0.4, 0.5) is 0 Å². The maximum atomic E-state index is 2.74. The summed E-state index contributed by atoms with van der Waals surface area (Å²) < 4.78 is 5.47. The van der Waals surface area contributed by atoms with Crippen molar-refractivity contribution in [3.05, 3.63) is 153 Å². The number of aryl methyl sites for hydroxylation is 2. The smallest absolute Gasteiger partial charge is 0.247 e. The van der Waals surface area contributed by atoms with E-state index in [2.05, 4.69) is 286 Å². The zero-order valence-electron chi connectivity index (χ0n) is 54.3. The second-order valence-corrected chi connectivity index (χ2v) is 33.4. The topological polar surface area (TPSA) is 9.86 Å². The van der Waals surface area contributed by atoms with Gasteiger partial charge in [0.2, 0.25) is 13.4 Å². The molecule has 80 heavy (non-hydrogen) atoms. The Labute approximate surface area is 483 Å². The Morgan fingerprint density at radius 3 is 0.988 bits per heavy atom. The van der Waals surface area contributed by atoms with Gasteiger partial charge in [-0.05, 0) is 172 Å². The highest BCUT2D eigenvalue weighted by Gasteiger charge is 2.46. The second kappa shape index (κ2) is 17.4. The van der Waals surface area contributed by atoms with Crippen molar-refractivity contribution in [1.29, 1.82) is 0 Å². The van der Waals surface area contributed by atoms with Crippen molar-refractivity contribution in [2.45, 2.75) is 223 Å². The molecule has 0 unspecified atom stereocenters. The first-order chi connectivity index (χ1) is 36.6. The maximum absolute atomic E-state index is 2.74. The predicted octanol–water partition coefficient (Wildman–Crippen LogP) is 16.5. The van der Waals surface area contributed by atoms with E-state index in [1.54, 1.807) is 0 Å². The first-order valence-electron chi connectivity index (χ1n) is 30.3. The molecule has 2 nitrogen and oxygen atoms in total. The molecule has 2 aromatic heterocycles. The quantitative estimate of drug-likeness (QED) is 0.153. The van der Waals surface area contributed by atoms with Gasteiger partial charge >= 0.3 is 0 Å². The fourth-order valence-corrected chi connectivity index (χ4v) is 14.2. The average Bonchev–Trinajstić information content (AvgIpc) is 4.04. The lowest BCUT2D eigenvalue weighted by atomic mass is 9.30. The van der Waals surface area contributed by atoms with E-state index in [1.165, 1.54) is 143 Å². The second-order valence-electron chi connectivity index (χ2n) is 33.4. The fraction of sp³-hybridized carbons (Fsp3) is 0.447. The lowest BCUT2D eigenvalue weighted by Crippen LogP contribution is -2.63. The van der Waals surface area contributed by atoms with Crippen molar-refractivity contribution < 1.29 is 0 Å². The van der Waals surface area contributed by atoms with Crippen LogP contribution < -0.4 is 32.8 Å². The minimum atomic E-state index is -0.158. The van der Waals surface area contributed by atoms with E-state index >= 15 is 0 Å². The van der Waals surface area contributed by atoms with E-state index in [-0.39, 0.29) is 56.7 Å². The molecule has 0 radical (unpaired) electrons. The molecule has 9 aromatic rings. The molecule has 0 fully saturated rings. The van der Waals surface area contributed by atoms with Crippen LogP contribution in [0.5, 0.6) is 0 Å². The highest BCUT2D eigenvalue weighted by molar-refractivity contribution is 7.00. The lowest BCUT2D eigenvalue weighted by Gasteiger charge is -2.40. The van der Waals surface area contributed by atoms with Crippen molar-refractivity contribution in [2.24, 2.45) is 0 Å². The third-order valence-electron chi connectivity index (χ3n) is 18.6. The van der Waals surface area contributed by atoms with E-state index in [4.69, 9.17) is 0 Å². The standard InChI is InChI=1S/C76H94B2N2/c1-43-27-29-61-49(31-43)52-35-46(70(6,7)8)40-60-68(52)79(61)64-41-57-63(42-58(64)78(60)66-55(75(21,22)23)38-48(72(12,13)14)39-56(66)76(24,25)26)80-62-30-28-45(69(3,4)5)34-50(62)51-32-44(2)33-59(67(51)80)77(57)65-53(73(15,16)17)36-47(71(9,10)11)37-54(65)74(18,19)20/h27-42H,1-26H3. The molecular formula is C76H94B2N2. The zero-order chi connectivity index (χ0) is 58.6. The first kappa shape index (κ1) is 56.1. The molecule has 0 spiro atoms. The highest BCUT2D eigenvalue weighted by atomic mass is 15.0. The molecule has 11 rings (SSSR count). The molecule has 0 saturated heterocycles. The lowest BCUT2D eigenvalue weighted by molar-refractivity contribution is 0.552. The van der Waals surface area contributed by atoms with Crippen molar-refractivity contribution in [2.75, 3.05) is 0 Å². The molecule has 414 valence electrons. The molecule has 0 amide bonds. The fourth-order valence-electron chi connectivity index (χ4n) is 14.2. The van der Waals surface area contributed by atoms with Crippen LogP contribution in [-0.2, 0) is 43.3 Å². The largest absolute Gasteiger partial charge is 0.310 e. The monoisotopic (exact) mass is 1060 g/mol. The number of fused-ring (bicyclic) bond motifs is 10. The number of nitrogens with zero attached hydrogens (tertiary/aromatic N) is 2. The first-order valence-corrected chi connectivity index (χ1v) is 30.3. The van der Waals surface area contributed by atoms with E-state index < -0.39 is 0 Å². The SMILES string of the molecule is Cc1ccc2c(c1)c1cc(C(C)(C)C)cc3c1n2-c1cc2c(cc1B3c1c(C(C)(C)C)cc(C(C)(C)C)cc1C(C)(C)C)-n1c3ccc(C(C)(C)C)cc3c3cc(C)cc(c31)B2c1c(C(C)(C)C)cc(C(C)(C)C)cc1C(C)(C)C. The van der Waals surface area contributed by atoms with Gasteiger partial charge in [-0.2, -0.15) is 0 Å². The van der Waals surface area contributed by atoms with Gasteiger partial charge in [0.25, 0.3) is 0 Å². The predicted molar refractivity (Wildman–Crippen MR) is 356 cm³/mol. The van der Waals surface area contributed by atoms with Crippen LogP contribution >= 0.6 is 0 Å². The molecule has 2 aliphatic rings. The Balaban J connectivity index is 1.43. The Hall–Kier alpha value is -5.73. The van der Waals surface area contributed by atoms with Gasteiger partial charge in [0.05, 0.1) is 11.0 Å². The summed E-state index contributed by atoms with van der Waals surface area (Å²) in [5.41, 5.74) is 29.5. The summed E-state index contributed by atoms with van der Waals surface area (Å²) in [5, 5.41) is 5.38. The minimum Gasteiger partial charge on any atom is -0.310 e. The molecule has 4 heterocycles. The molecule has 0 N–H and O–H groups in total. The summed E-state index contributed by atoms with van der Waals surface area (Å²) in [6.07, 6.45) is 0. The van der Waals surface area contributed by atoms with Gasteiger partial charge in [-0.3, -0.25) is 0 Å². The summed E-state index contributed by atoms with van der Waals surface area (Å²) in [7, 11) is 0. The zero-order valence-corrected chi connectivity index (χ0v) is 54.3. The Kier molecular flexibility index (Phi) is 12.2. The molecule has 4 heteroatoms. The molecule has 7 aromatic carbocycles. The van der Waals surface area contributed by atoms with E-state index in [1.807, 2.05) is 0 Å². The van der Waals surface area contributed by atoms with Gasteiger partial charge in [0.15, 0.2) is 0 Å². The highest BCUT2D eigenvalue weighted by Crippen LogP contribution is 2.43. The van der Waals surface area contributed by atoms with Gasteiger partial charge in [-0.15, -0.1) is 0 Å². The van der Waals surface area contributed by atoms with Gasteiger partial charge in [-0.1, -0.05) is 237 Å².